The minimum absolute atomic E-state index is 0.792. The Kier molecular flexibility index (Phi) is 6.51. The van der Waals surface area contributed by atoms with Crippen LogP contribution in [0.25, 0.3) is 0 Å². The van der Waals surface area contributed by atoms with Crippen LogP contribution in [0, 0.1) is 0 Å². The van der Waals surface area contributed by atoms with Crippen LogP contribution in [-0.4, -0.2) is 12.9 Å². The van der Waals surface area contributed by atoms with Gasteiger partial charge in [0.25, 0.3) is 0 Å². The summed E-state index contributed by atoms with van der Waals surface area (Å²) in [5, 5.41) is 0. The van der Waals surface area contributed by atoms with E-state index in [9.17, 15) is 0 Å². The molecule has 0 unspecified atom stereocenters. The van der Waals surface area contributed by atoms with E-state index in [-0.39, 0.29) is 0 Å². The third-order valence-electron chi connectivity index (χ3n) is 0.448. The summed E-state index contributed by atoms with van der Waals surface area (Å²) in [7, 11) is 0. The van der Waals surface area contributed by atoms with Gasteiger partial charge in [-0.3, -0.25) is 4.84 Å². The molecule has 0 aliphatic heterocycles. The molecular formula is C4H11NOS. The van der Waals surface area contributed by atoms with Gasteiger partial charge in [0.15, 0.2) is 0 Å². The van der Waals surface area contributed by atoms with E-state index < -0.39 is 0 Å². The molecule has 44 valence electrons. The Hall–Kier alpha value is 0.270. The fourth-order valence-corrected chi connectivity index (χ4v) is 0.404. The number of nitrogens with one attached hydrogen (secondary N) is 1. The summed E-state index contributed by atoms with van der Waals surface area (Å²) in [5.74, 6) is 0. The van der Waals surface area contributed by atoms with Crippen molar-refractivity contribution in [2.24, 2.45) is 0 Å². The maximum Gasteiger partial charge on any atom is 0.0690 e. The first-order valence-electron chi connectivity index (χ1n) is 2.31. The molecule has 0 rings (SSSR count). The van der Waals surface area contributed by atoms with Crippen molar-refractivity contribution >= 4 is 11.9 Å². The lowest BCUT2D eigenvalue weighted by atomic mass is 10.5. The van der Waals surface area contributed by atoms with E-state index in [1.807, 2.05) is 6.26 Å². The van der Waals surface area contributed by atoms with Crippen molar-refractivity contribution in [1.29, 1.82) is 0 Å². The van der Waals surface area contributed by atoms with Crippen LogP contribution in [0.3, 0.4) is 0 Å². The summed E-state index contributed by atoms with van der Waals surface area (Å²) in [6, 6.07) is 0. The third-order valence-corrected chi connectivity index (χ3v) is 0.733. The molecule has 0 bridgehead atoms. The van der Waals surface area contributed by atoms with Gasteiger partial charge in [0.2, 0.25) is 0 Å². The Balaban J connectivity index is 2.45. The lowest BCUT2D eigenvalue weighted by Gasteiger charge is -1.96. The van der Waals surface area contributed by atoms with Crippen LogP contribution in [0.1, 0.15) is 13.3 Å². The molecule has 0 saturated heterocycles. The van der Waals surface area contributed by atoms with Crippen molar-refractivity contribution in [3.05, 3.63) is 0 Å². The van der Waals surface area contributed by atoms with Gasteiger partial charge in [-0.25, -0.2) is 0 Å². The monoisotopic (exact) mass is 121 g/mol. The lowest BCUT2D eigenvalue weighted by Crippen LogP contribution is -2.03. The Morgan fingerprint density at radius 1 is 1.71 bits per heavy atom. The average Bonchev–Trinajstić information content (AvgIpc) is 1.69. The zero-order valence-corrected chi connectivity index (χ0v) is 5.55. The fraction of sp³-hybridized carbons (Fsp3) is 1.00. The Morgan fingerprint density at radius 2 is 2.43 bits per heavy atom. The second-order valence-corrected chi connectivity index (χ2v) is 1.71. The molecule has 0 amide bonds. The second kappa shape index (κ2) is 6.27. The van der Waals surface area contributed by atoms with E-state index in [1.54, 1.807) is 0 Å². The van der Waals surface area contributed by atoms with Crippen LogP contribution in [-0.2, 0) is 4.84 Å². The van der Waals surface area contributed by atoms with E-state index in [4.69, 9.17) is 4.84 Å². The fourth-order valence-electron chi connectivity index (χ4n) is 0.203. The highest BCUT2D eigenvalue weighted by molar-refractivity contribution is 7.96. The zero-order valence-electron chi connectivity index (χ0n) is 4.73. The molecule has 3 heteroatoms. The topological polar surface area (TPSA) is 21.3 Å². The molecule has 0 heterocycles. The molecule has 0 aromatic heterocycles. The van der Waals surface area contributed by atoms with Crippen molar-refractivity contribution in [3.63, 3.8) is 0 Å². The highest BCUT2D eigenvalue weighted by Gasteiger charge is 1.76. The van der Waals surface area contributed by atoms with E-state index in [2.05, 4.69) is 11.8 Å². The number of hydrogen-bond acceptors (Lipinski definition) is 3. The van der Waals surface area contributed by atoms with Crippen LogP contribution < -0.4 is 4.89 Å². The van der Waals surface area contributed by atoms with Crippen LogP contribution in [0.4, 0.5) is 0 Å². The first-order valence-corrected chi connectivity index (χ1v) is 3.54. The molecule has 0 aliphatic carbocycles. The molecule has 0 aliphatic rings. The summed E-state index contributed by atoms with van der Waals surface area (Å²) in [6.07, 6.45) is 2.99. The van der Waals surface area contributed by atoms with Gasteiger partial charge in [0.05, 0.1) is 6.61 Å². The highest BCUT2D eigenvalue weighted by atomic mass is 32.2. The number of hydrogen-bond donors (Lipinski definition) is 1. The van der Waals surface area contributed by atoms with Gasteiger partial charge >= 0.3 is 0 Å². The predicted octanol–water partition coefficient (Wildman–Crippen LogP) is 1.20. The van der Waals surface area contributed by atoms with Crippen molar-refractivity contribution < 1.29 is 4.84 Å². The summed E-state index contributed by atoms with van der Waals surface area (Å²) in [6.45, 7) is 2.86. The standard InChI is InChI=1S/C4H11NOS/c1-3-4-6-5-7-2/h5H,3-4H2,1-2H3. The van der Waals surface area contributed by atoms with Gasteiger partial charge in [-0.2, -0.15) is 0 Å². The molecule has 0 saturated carbocycles. The molecule has 0 aromatic carbocycles. The molecule has 2 nitrogen and oxygen atoms in total. The number of rotatable bonds is 4. The minimum atomic E-state index is 0.792. The summed E-state index contributed by atoms with van der Waals surface area (Å²) in [5.41, 5.74) is 0. The Labute approximate surface area is 48.7 Å². The maximum absolute atomic E-state index is 4.84. The second-order valence-electron chi connectivity index (χ2n) is 1.14. The molecular weight excluding hydrogens is 110 g/mol. The minimum Gasteiger partial charge on any atom is -0.291 e. The molecule has 1 N–H and O–H groups in total. The Bertz CT molecular complexity index is 30.9. The van der Waals surface area contributed by atoms with Gasteiger partial charge < -0.3 is 0 Å². The van der Waals surface area contributed by atoms with Crippen LogP contribution in [0.2, 0.25) is 0 Å². The van der Waals surface area contributed by atoms with Crippen LogP contribution in [0.15, 0.2) is 0 Å². The van der Waals surface area contributed by atoms with Crippen molar-refractivity contribution in [2.45, 2.75) is 13.3 Å². The molecule has 7 heavy (non-hydrogen) atoms. The van der Waals surface area contributed by atoms with E-state index in [0.29, 0.717) is 0 Å². The predicted molar refractivity (Wildman–Crippen MR) is 32.9 cm³/mol. The lowest BCUT2D eigenvalue weighted by molar-refractivity contribution is 0.102. The molecule has 0 atom stereocenters. The quantitative estimate of drug-likeness (QED) is 0.343. The van der Waals surface area contributed by atoms with E-state index >= 15 is 0 Å². The molecule has 0 spiro atoms. The van der Waals surface area contributed by atoms with Crippen molar-refractivity contribution in [2.75, 3.05) is 12.9 Å². The smallest absolute Gasteiger partial charge is 0.0690 e. The van der Waals surface area contributed by atoms with Crippen LogP contribution in [0.5, 0.6) is 0 Å². The summed E-state index contributed by atoms with van der Waals surface area (Å²) in [4.78, 5) is 7.51. The highest BCUT2D eigenvalue weighted by Crippen LogP contribution is 1.82. The summed E-state index contributed by atoms with van der Waals surface area (Å²) < 4.78 is 0. The van der Waals surface area contributed by atoms with Gasteiger partial charge in [-0.1, -0.05) is 18.9 Å². The van der Waals surface area contributed by atoms with Crippen molar-refractivity contribution in [3.8, 4) is 0 Å². The van der Waals surface area contributed by atoms with Crippen molar-refractivity contribution in [1.82, 2.24) is 4.89 Å². The van der Waals surface area contributed by atoms with E-state index in [1.165, 1.54) is 11.9 Å². The SMILES string of the molecule is CCCONSC. The zero-order chi connectivity index (χ0) is 5.54. The van der Waals surface area contributed by atoms with Gasteiger partial charge in [0, 0.05) is 0 Å². The molecule has 0 aromatic rings. The molecule has 0 radical (unpaired) electrons. The largest absolute Gasteiger partial charge is 0.291 e. The average molecular weight is 121 g/mol. The van der Waals surface area contributed by atoms with Gasteiger partial charge in [-0.15, -0.1) is 4.89 Å². The maximum atomic E-state index is 4.84. The first kappa shape index (κ1) is 7.27. The van der Waals surface area contributed by atoms with Crippen LogP contribution >= 0.6 is 11.9 Å². The van der Waals surface area contributed by atoms with Gasteiger partial charge in [-0.05, 0) is 12.7 Å². The molecule has 0 fully saturated rings. The normalized spacial score (nSPS) is 9.43. The first-order chi connectivity index (χ1) is 3.41. The summed E-state index contributed by atoms with van der Waals surface area (Å²) >= 11 is 1.47. The third kappa shape index (κ3) is 6.27. The Morgan fingerprint density at radius 3 is 2.86 bits per heavy atom. The van der Waals surface area contributed by atoms with E-state index in [0.717, 1.165) is 13.0 Å². The van der Waals surface area contributed by atoms with Gasteiger partial charge in [0.1, 0.15) is 0 Å².